The average Bonchev–Trinajstić information content (AvgIpc) is 2.85. The predicted molar refractivity (Wildman–Crippen MR) is 169 cm³/mol. The minimum Gasteiger partial charge on any atom is -0.473 e. The number of allylic oxidation sites excluding steroid dienone is 2. The summed E-state index contributed by atoms with van der Waals surface area (Å²) >= 11 is 0. The van der Waals surface area contributed by atoms with E-state index in [-0.39, 0.29) is 0 Å². The maximum atomic E-state index is 5.67. The van der Waals surface area contributed by atoms with Gasteiger partial charge in [0.25, 0.3) is 0 Å². The topological polar surface area (TPSA) is 9.23 Å². The Balaban J connectivity index is 3.70. The van der Waals surface area contributed by atoms with E-state index < -0.39 is 0 Å². The molecule has 0 saturated heterocycles. The lowest BCUT2D eigenvalue weighted by molar-refractivity contribution is 0.312. The van der Waals surface area contributed by atoms with Gasteiger partial charge in [0.15, 0.2) is 0 Å². The van der Waals surface area contributed by atoms with Crippen LogP contribution in [-0.4, -0.2) is 0 Å². The van der Waals surface area contributed by atoms with Crippen LogP contribution in [0.1, 0.15) is 196 Å². The van der Waals surface area contributed by atoms with Crippen molar-refractivity contribution in [2.24, 2.45) is 10.8 Å². The van der Waals surface area contributed by atoms with Gasteiger partial charge in [-0.05, 0) is 48.7 Å². The second kappa shape index (κ2) is 25.6. The van der Waals surface area contributed by atoms with Crippen molar-refractivity contribution < 1.29 is 4.74 Å². The molecule has 0 atom stereocenters. The molecule has 0 radical (unpaired) electrons. The van der Waals surface area contributed by atoms with Crippen LogP contribution in [0.4, 0.5) is 0 Å². The van der Waals surface area contributed by atoms with Crippen LogP contribution < -0.4 is 0 Å². The molecule has 0 spiro atoms. The Morgan fingerprint density at radius 3 is 0.973 bits per heavy atom. The summed E-state index contributed by atoms with van der Waals surface area (Å²) in [5.41, 5.74) is 0.752. The van der Waals surface area contributed by atoms with Crippen LogP contribution in [0.25, 0.3) is 0 Å². The fourth-order valence-corrected chi connectivity index (χ4v) is 5.28. The second-order valence-corrected chi connectivity index (χ2v) is 13.5. The monoisotopic (exact) mass is 519 g/mol. The molecule has 220 valence electrons. The summed E-state index contributed by atoms with van der Waals surface area (Å²) < 4.78 is 5.67. The molecule has 0 aromatic carbocycles. The van der Waals surface area contributed by atoms with Gasteiger partial charge in [0, 0.05) is 0 Å². The standard InChI is InChI=1S/C36H70O/c1-7-9-11-13-15-17-19-21-23-25-29-35(3,4)31-27-33-37-34-28-32-36(5,6)30-26-24-22-20-18-16-14-12-10-8-2/h27-28,33-34H,7-26,29-32H2,1-6H3. The zero-order chi connectivity index (χ0) is 27.5. The molecule has 0 N–H and O–H groups in total. The summed E-state index contributed by atoms with van der Waals surface area (Å²) in [5, 5.41) is 0. The molecule has 1 nitrogen and oxygen atoms in total. The van der Waals surface area contributed by atoms with E-state index in [1.54, 1.807) is 0 Å². The van der Waals surface area contributed by atoms with E-state index in [1.165, 1.54) is 141 Å². The van der Waals surface area contributed by atoms with E-state index in [0.29, 0.717) is 10.8 Å². The molecule has 0 aliphatic heterocycles. The van der Waals surface area contributed by atoms with Gasteiger partial charge in [-0.15, -0.1) is 0 Å². The van der Waals surface area contributed by atoms with E-state index in [0.717, 1.165) is 12.8 Å². The van der Waals surface area contributed by atoms with Crippen LogP contribution in [-0.2, 0) is 4.74 Å². The molecule has 0 rings (SSSR count). The molecular formula is C36H70O. The summed E-state index contributed by atoms with van der Waals surface area (Å²) in [6, 6.07) is 0. The molecule has 0 unspecified atom stereocenters. The van der Waals surface area contributed by atoms with Gasteiger partial charge in [0.1, 0.15) is 0 Å². The Labute approximate surface area is 235 Å². The maximum Gasteiger partial charge on any atom is 0.0861 e. The smallest absolute Gasteiger partial charge is 0.0861 e. The Hall–Kier alpha value is -0.720. The molecule has 0 amide bonds. The fourth-order valence-electron chi connectivity index (χ4n) is 5.28. The fraction of sp³-hybridized carbons (Fsp3) is 0.889. The zero-order valence-corrected chi connectivity index (χ0v) is 26.7. The Bertz CT molecular complexity index is 467. The van der Waals surface area contributed by atoms with E-state index in [2.05, 4.69) is 53.7 Å². The van der Waals surface area contributed by atoms with E-state index >= 15 is 0 Å². The summed E-state index contributed by atoms with van der Waals surface area (Å²) in [5.74, 6) is 0. The van der Waals surface area contributed by atoms with Crippen LogP contribution in [0.2, 0.25) is 0 Å². The van der Waals surface area contributed by atoms with Gasteiger partial charge in [-0.2, -0.15) is 0 Å². The number of rotatable bonds is 28. The third-order valence-electron chi connectivity index (χ3n) is 8.10. The Morgan fingerprint density at radius 2 is 0.676 bits per heavy atom. The van der Waals surface area contributed by atoms with Crippen LogP contribution >= 0.6 is 0 Å². The lowest BCUT2D eigenvalue weighted by Crippen LogP contribution is -2.09. The van der Waals surface area contributed by atoms with Gasteiger partial charge in [0.2, 0.25) is 0 Å². The minimum absolute atomic E-state index is 0.376. The largest absolute Gasteiger partial charge is 0.473 e. The van der Waals surface area contributed by atoms with E-state index in [4.69, 9.17) is 4.74 Å². The minimum atomic E-state index is 0.376. The van der Waals surface area contributed by atoms with Crippen LogP contribution in [0.5, 0.6) is 0 Å². The molecule has 0 aromatic rings. The van der Waals surface area contributed by atoms with Crippen LogP contribution in [0.3, 0.4) is 0 Å². The molecule has 0 aliphatic rings. The van der Waals surface area contributed by atoms with Crippen LogP contribution in [0.15, 0.2) is 24.7 Å². The van der Waals surface area contributed by atoms with Crippen molar-refractivity contribution in [2.75, 3.05) is 0 Å². The first kappa shape index (κ1) is 36.3. The summed E-state index contributed by atoms with van der Waals surface area (Å²) in [6.45, 7) is 14.2. The third kappa shape index (κ3) is 28.1. The van der Waals surface area contributed by atoms with Crippen molar-refractivity contribution in [1.82, 2.24) is 0 Å². The average molecular weight is 519 g/mol. The van der Waals surface area contributed by atoms with Gasteiger partial charge in [-0.3, -0.25) is 0 Å². The molecule has 0 aromatic heterocycles. The van der Waals surface area contributed by atoms with Crippen molar-refractivity contribution in [3.8, 4) is 0 Å². The highest BCUT2D eigenvalue weighted by atomic mass is 16.5. The van der Waals surface area contributed by atoms with Gasteiger partial charge in [-0.1, -0.05) is 170 Å². The van der Waals surface area contributed by atoms with Crippen molar-refractivity contribution in [2.45, 2.75) is 196 Å². The lowest BCUT2D eigenvalue weighted by Gasteiger charge is -2.23. The normalized spacial score (nSPS) is 12.8. The Kier molecular flexibility index (Phi) is 25.1. The van der Waals surface area contributed by atoms with E-state index in [1.807, 2.05) is 12.5 Å². The SMILES string of the molecule is CCCCCCCCCCCCC(C)(C)CC=COC=CCC(C)(C)CCCCCCCCCCCC. The van der Waals surface area contributed by atoms with Gasteiger partial charge in [-0.25, -0.2) is 0 Å². The summed E-state index contributed by atoms with van der Waals surface area (Å²) in [7, 11) is 0. The van der Waals surface area contributed by atoms with Crippen molar-refractivity contribution >= 4 is 0 Å². The number of unbranched alkanes of at least 4 members (excludes halogenated alkanes) is 18. The van der Waals surface area contributed by atoms with Crippen LogP contribution in [0, 0.1) is 10.8 Å². The second-order valence-electron chi connectivity index (χ2n) is 13.5. The lowest BCUT2D eigenvalue weighted by atomic mass is 9.83. The molecule has 0 saturated carbocycles. The first-order chi connectivity index (χ1) is 17.8. The molecule has 0 bridgehead atoms. The number of hydrogen-bond donors (Lipinski definition) is 0. The highest BCUT2D eigenvalue weighted by Crippen LogP contribution is 2.30. The molecule has 37 heavy (non-hydrogen) atoms. The number of ether oxygens (including phenoxy) is 1. The first-order valence-corrected chi connectivity index (χ1v) is 16.8. The molecule has 0 fully saturated rings. The first-order valence-electron chi connectivity index (χ1n) is 16.8. The zero-order valence-electron chi connectivity index (χ0n) is 26.7. The molecular weight excluding hydrogens is 448 g/mol. The third-order valence-corrected chi connectivity index (χ3v) is 8.10. The highest BCUT2D eigenvalue weighted by Gasteiger charge is 2.16. The highest BCUT2D eigenvalue weighted by molar-refractivity contribution is 4.87. The summed E-state index contributed by atoms with van der Waals surface area (Å²) in [4.78, 5) is 0. The summed E-state index contributed by atoms with van der Waals surface area (Å²) in [6.07, 6.45) is 41.4. The Morgan fingerprint density at radius 1 is 0.405 bits per heavy atom. The maximum absolute atomic E-state index is 5.67. The van der Waals surface area contributed by atoms with Crippen molar-refractivity contribution in [3.63, 3.8) is 0 Å². The number of hydrogen-bond acceptors (Lipinski definition) is 1. The quantitative estimate of drug-likeness (QED) is 0.0739. The molecule has 1 heteroatoms. The van der Waals surface area contributed by atoms with Gasteiger partial charge >= 0.3 is 0 Å². The van der Waals surface area contributed by atoms with E-state index in [9.17, 15) is 0 Å². The molecule has 0 aliphatic carbocycles. The molecule has 0 heterocycles. The van der Waals surface area contributed by atoms with Crippen molar-refractivity contribution in [1.29, 1.82) is 0 Å². The van der Waals surface area contributed by atoms with Gasteiger partial charge < -0.3 is 4.74 Å². The van der Waals surface area contributed by atoms with Crippen molar-refractivity contribution in [3.05, 3.63) is 24.7 Å². The predicted octanol–water partition coefficient (Wildman–Crippen LogP) is 13.5. The van der Waals surface area contributed by atoms with Gasteiger partial charge in [0.05, 0.1) is 12.5 Å².